The summed E-state index contributed by atoms with van der Waals surface area (Å²) in [5, 5.41) is 1.66. The van der Waals surface area contributed by atoms with Crippen molar-refractivity contribution in [2.75, 3.05) is 0 Å². The molecule has 0 spiro atoms. The lowest BCUT2D eigenvalue weighted by Gasteiger charge is -2.00. The van der Waals surface area contributed by atoms with Crippen LogP contribution in [0.5, 0.6) is 0 Å². The minimum absolute atomic E-state index is 0.0775. The van der Waals surface area contributed by atoms with E-state index in [-0.39, 0.29) is 5.56 Å². The molecule has 0 aliphatic heterocycles. The molecule has 0 saturated heterocycles. The van der Waals surface area contributed by atoms with Crippen LogP contribution in [0.4, 0.5) is 0 Å². The van der Waals surface area contributed by atoms with E-state index in [4.69, 9.17) is 0 Å². The molecule has 4 rings (SSSR count). The Morgan fingerprint density at radius 2 is 1.70 bits per heavy atom. The number of H-pyrrole nitrogens is 1. The van der Waals surface area contributed by atoms with Crippen LogP contribution in [-0.2, 0) is 0 Å². The van der Waals surface area contributed by atoms with Crippen molar-refractivity contribution in [1.29, 1.82) is 0 Å². The van der Waals surface area contributed by atoms with Crippen molar-refractivity contribution in [2.45, 2.75) is 0 Å². The largest absolute Gasteiger partial charge is 0.306 e. The van der Waals surface area contributed by atoms with Crippen LogP contribution >= 0.6 is 11.3 Å². The van der Waals surface area contributed by atoms with Crippen LogP contribution in [0.3, 0.4) is 0 Å². The van der Waals surface area contributed by atoms with Crippen molar-refractivity contribution in [3.8, 4) is 11.4 Å². The summed E-state index contributed by atoms with van der Waals surface area (Å²) in [6, 6.07) is 17.6. The molecular formula is C16H10N2OS. The number of nitrogens with zero attached hydrogens (tertiary/aromatic N) is 1. The van der Waals surface area contributed by atoms with Gasteiger partial charge in [-0.05, 0) is 6.07 Å². The number of rotatable bonds is 1. The van der Waals surface area contributed by atoms with Gasteiger partial charge in [-0.25, -0.2) is 4.98 Å². The second-order valence-corrected chi connectivity index (χ2v) is 5.59. The van der Waals surface area contributed by atoms with Crippen LogP contribution in [0, 0.1) is 0 Å². The first-order valence-electron chi connectivity index (χ1n) is 6.30. The maximum atomic E-state index is 12.4. The van der Waals surface area contributed by atoms with Gasteiger partial charge in [0.25, 0.3) is 5.56 Å². The molecule has 2 heterocycles. The summed E-state index contributed by atoms with van der Waals surface area (Å²) in [7, 11) is 0. The molecule has 0 bridgehead atoms. The summed E-state index contributed by atoms with van der Waals surface area (Å²) in [5.74, 6) is 0.620. The highest BCUT2D eigenvalue weighted by atomic mass is 32.1. The highest BCUT2D eigenvalue weighted by Gasteiger charge is 2.11. The third-order valence-corrected chi connectivity index (χ3v) is 4.36. The Kier molecular flexibility index (Phi) is 2.44. The molecule has 1 N–H and O–H groups in total. The molecule has 0 aliphatic rings. The topological polar surface area (TPSA) is 45.8 Å². The van der Waals surface area contributed by atoms with Gasteiger partial charge in [0.2, 0.25) is 0 Å². The number of nitrogens with one attached hydrogen (secondary N) is 1. The van der Waals surface area contributed by atoms with Crippen molar-refractivity contribution in [3.05, 3.63) is 65.0 Å². The third kappa shape index (κ3) is 1.66. The number of thiophene rings is 1. The predicted molar refractivity (Wildman–Crippen MR) is 83.2 cm³/mol. The lowest BCUT2D eigenvalue weighted by molar-refractivity contribution is 1.19. The standard InChI is InChI=1S/C16H10N2OS/c19-15-13-11-8-4-5-9-12(11)20-16(13)18-14(17-15)10-6-2-1-3-7-10/h1-9H,(H,17,18,19). The van der Waals surface area contributed by atoms with Crippen molar-refractivity contribution in [3.63, 3.8) is 0 Å². The molecule has 2 aromatic heterocycles. The fourth-order valence-corrected chi connectivity index (χ4v) is 3.44. The van der Waals surface area contributed by atoms with Crippen LogP contribution in [0.1, 0.15) is 0 Å². The number of benzene rings is 2. The molecule has 0 atom stereocenters. The Labute approximate surface area is 118 Å². The van der Waals surface area contributed by atoms with Crippen molar-refractivity contribution < 1.29 is 0 Å². The van der Waals surface area contributed by atoms with Crippen LogP contribution < -0.4 is 5.56 Å². The van der Waals surface area contributed by atoms with Gasteiger partial charge < -0.3 is 4.98 Å². The highest BCUT2D eigenvalue weighted by molar-refractivity contribution is 7.25. The fourth-order valence-electron chi connectivity index (χ4n) is 2.36. The maximum absolute atomic E-state index is 12.4. The number of hydrogen-bond donors (Lipinski definition) is 1. The Morgan fingerprint density at radius 1 is 0.950 bits per heavy atom. The smallest absolute Gasteiger partial charge is 0.260 e. The average molecular weight is 278 g/mol. The quantitative estimate of drug-likeness (QED) is 0.575. The molecule has 20 heavy (non-hydrogen) atoms. The number of aromatic amines is 1. The summed E-state index contributed by atoms with van der Waals surface area (Å²) in [4.78, 5) is 20.6. The molecule has 0 saturated carbocycles. The van der Waals surface area contributed by atoms with Crippen LogP contribution in [0.15, 0.2) is 59.4 Å². The van der Waals surface area contributed by atoms with E-state index in [0.29, 0.717) is 11.2 Å². The Bertz CT molecular complexity index is 970. The second kappa shape index (κ2) is 4.28. The first kappa shape index (κ1) is 11.4. The number of aromatic nitrogens is 2. The fraction of sp³-hybridized carbons (Fsp3) is 0. The Hall–Kier alpha value is -2.46. The molecule has 0 radical (unpaired) electrons. The summed E-state index contributed by atoms with van der Waals surface area (Å²) in [6.45, 7) is 0. The Balaban J connectivity index is 2.09. The molecule has 4 heteroatoms. The first-order chi connectivity index (χ1) is 9.83. The molecule has 0 unspecified atom stereocenters. The van der Waals surface area contributed by atoms with Gasteiger partial charge in [0.15, 0.2) is 0 Å². The zero-order valence-corrected chi connectivity index (χ0v) is 11.3. The van der Waals surface area contributed by atoms with E-state index < -0.39 is 0 Å². The second-order valence-electron chi connectivity index (χ2n) is 4.56. The van der Waals surface area contributed by atoms with Gasteiger partial charge in [-0.15, -0.1) is 11.3 Å². The van der Waals surface area contributed by atoms with Gasteiger partial charge in [-0.1, -0.05) is 48.5 Å². The van der Waals surface area contributed by atoms with Crippen molar-refractivity contribution >= 4 is 31.6 Å². The SMILES string of the molecule is O=c1[nH]c(-c2ccccc2)nc2sc3ccccc3c12. The van der Waals surface area contributed by atoms with E-state index in [9.17, 15) is 4.79 Å². The molecule has 2 aromatic carbocycles. The van der Waals surface area contributed by atoms with Crippen LogP contribution in [-0.4, -0.2) is 9.97 Å². The molecule has 96 valence electrons. The van der Waals surface area contributed by atoms with Gasteiger partial charge in [0, 0.05) is 15.6 Å². The van der Waals surface area contributed by atoms with E-state index in [1.165, 1.54) is 0 Å². The third-order valence-electron chi connectivity index (χ3n) is 3.30. The van der Waals surface area contributed by atoms with Gasteiger partial charge in [0.05, 0.1) is 5.39 Å². The molecule has 3 nitrogen and oxygen atoms in total. The maximum Gasteiger partial charge on any atom is 0.260 e. The van der Waals surface area contributed by atoms with E-state index in [1.807, 2.05) is 54.6 Å². The van der Waals surface area contributed by atoms with Crippen molar-refractivity contribution in [2.24, 2.45) is 0 Å². The predicted octanol–water partition coefficient (Wildman–Crippen LogP) is 3.80. The zero-order chi connectivity index (χ0) is 13.5. The molecule has 0 fully saturated rings. The Morgan fingerprint density at radius 3 is 2.55 bits per heavy atom. The minimum Gasteiger partial charge on any atom is -0.306 e. The van der Waals surface area contributed by atoms with Gasteiger partial charge >= 0.3 is 0 Å². The van der Waals surface area contributed by atoms with Gasteiger partial charge in [0.1, 0.15) is 10.7 Å². The van der Waals surface area contributed by atoms with E-state index in [0.717, 1.165) is 20.5 Å². The van der Waals surface area contributed by atoms with E-state index >= 15 is 0 Å². The lowest BCUT2D eigenvalue weighted by Crippen LogP contribution is -2.08. The van der Waals surface area contributed by atoms with Gasteiger partial charge in [-0.3, -0.25) is 4.79 Å². The number of fused-ring (bicyclic) bond motifs is 3. The highest BCUT2D eigenvalue weighted by Crippen LogP contribution is 2.30. The average Bonchev–Trinajstić information content (AvgIpc) is 2.87. The van der Waals surface area contributed by atoms with Crippen LogP contribution in [0.25, 0.3) is 31.7 Å². The molecule has 4 aromatic rings. The molecular weight excluding hydrogens is 268 g/mol. The minimum atomic E-state index is -0.0775. The summed E-state index contributed by atoms with van der Waals surface area (Å²) in [6.07, 6.45) is 0. The summed E-state index contributed by atoms with van der Waals surface area (Å²) >= 11 is 1.55. The first-order valence-corrected chi connectivity index (χ1v) is 7.11. The summed E-state index contributed by atoms with van der Waals surface area (Å²) < 4.78 is 1.09. The number of hydrogen-bond acceptors (Lipinski definition) is 3. The van der Waals surface area contributed by atoms with E-state index in [2.05, 4.69) is 9.97 Å². The van der Waals surface area contributed by atoms with E-state index in [1.54, 1.807) is 11.3 Å². The lowest BCUT2D eigenvalue weighted by atomic mass is 10.2. The summed E-state index contributed by atoms with van der Waals surface area (Å²) in [5.41, 5.74) is 0.843. The van der Waals surface area contributed by atoms with Crippen molar-refractivity contribution in [1.82, 2.24) is 9.97 Å². The molecule has 0 amide bonds. The zero-order valence-electron chi connectivity index (χ0n) is 10.5. The molecule has 0 aliphatic carbocycles. The van der Waals surface area contributed by atoms with Crippen LogP contribution in [0.2, 0.25) is 0 Å². The van der Waals surface area contributed by atoms with Gasteiger partial charge in [-0.2, -0.15) is 0 Å². The monoisotopic (exact) mass is 278 g/mol. The normalized spacial score (nSPS) is 11.2.